The predicted molar refractivity (Wildman–Crippen MR) is 130 cm³/mol. The van der Waals surface area contributed by atoms with Crippen molar-refractivity contribution in [3.8, 4) is 0 Å². The number of rotatable bonds is 5. The maximum Gasteiger partial charge on any atom is 0.193 e. The lowest BCUT2D eigenvalue weighted by molar-refractivity contribution is 0.189. The van der Waals surface area contributed by atoms with Crippen molar-refractivity contribution in [2.75, 3.05) is 26.2 Å². The zero-order valence-corrected chi connectivity index (χ0v) is 19.8. The van der Waals surface area contributed by atoms with E-state index in [1.807, 2.05) is 24.8 Å². The van der Waals surface area contributed by atoms with E-state index in [1.54, 1.807) is 0 Å². The van der Waals surface area contributed by atoms with Crippen molar-refractivity contribution in [1.82, 2.24) is 24.8 Å². The number of nitrogens with zero attached hydrogens (tertiary/aromatic N) is 4. The van der Waals surface area contributed by atoms with Gasteiger partial charge in [-0.15, -0.1) is 24.0 Å². The molecule has 1 aliphatic heterocycles. The van der Waals surface area contributed by atoms with E-state index in [2.05, 4.69) is 44.8 Å². The van der Waals surface area contributed by atoms with Crippen molar-refractivity contribution in [3.63, 3.8) is 0 Å². The van der Waals surface area contributed by atoms with Gasteiger partial charge in [0, 0.05) is 55.7 Å². The molecule has 0 saturated carbocycles. The van der Waals surface area contributed by atoms with E-state index in [0.29, 0.717) is 18.5 Å². The van der Waals surface area contributed by atoms with Crippen LogP contribution < -0.4 is 5.32 Å². The number of piperidine rings is 1. The largest absolute Gasteiger partial charge is 0.361 e. The first-order valence-electron chi connectivity index (χ1n) is 10.4. The smallest absolute Gasteiger partial charge is 0.193 e. The topological polar surface area (TPSA) is 61.2 Å². The van der Waals surface area contributed by atoms with Gasteiger partial charge in [0.25, 0.3) is 0 Å². The minimum absolute atomic E-state index is 0. The Labute approximate surface area is 194 Å². The Kier molecular flexibility index (Phi) is 7.74. The van der Waals surface area contributed by atoms with Crippen molar-refractivity contribution in [1.29, 1.82) is 0 Å². The molecule has 0 spiro atoms. The highest BCUT2D eigenvalue weighted by molar-refractivity contribution is 14.0. The highest BCUT2D eigenvalue weighted by atomic mass is 127. The fourth-order valence-electron chi connectivity index (χ4n) is 4.17. The molecule has 162 valence electrons. The van der Waals surface area contributed by atoms with Gasteiger partial charge in [0.05, 0.1) is 12.4 Å². The van der Waals surface area contributed by atoms with Crippen LogP contribution in [0.2, 0.25) is 0 Å². The van der Waals surface area contributed by atoms with Gasteiger partial charge in [-0.1, -0.05) is 6.92 Å². The fraction of sp³-hybridized carbons (Fsp3) is 0.455. The molecule has 0 aliphatic carbocycles. The van der Waals surface area contributed by atoms with Gasteiger partial charge in [-0.25, -0.2) is 9.37 Å². The van der Waals surface area contributed by atoms with Gasteiger partial charge >= 0.3 is 0 Å². The molecule has 4 rings (SSSR count). The summed E-state index contributed by atoms with van der Waals surface area (Å²) in [5, 5.41) is 4.52. The van der Waals surface area contributed by atoms with E-state index in [1.165, 1.54) is 17.7 Å². The van der Waals surface area contributed by atoms with Crippen LogP contribution in [0.3, 0.4) is 0 Å². The predicted octanol–water partition coefficient (Wildman–Crippen LogP) is 4.21. The van der Waals surface area contributed by atoms with E-state index < -0.39 is 0 Å². The molecule has 2 aromatic heterocycles. The molecule has 2 unspecified atom stereocenters. The van der Waals surface area contributed by atoms with Gasteiger partial charge in [0.15, 0.2) is 5.96 Å². The molecule has 0 amide bonds. The summed E-state index contributed by atoms with van der Waals surface area (Å²) in [5.41, 5.74) is 2.01. The van der Waals surface area contributed by atoms with Crippen molar-refractivity contribution in [3.05, 3.63) is 54.5 Å². The van der Waals surface area contributed by atoms with Crippen molar-refractivity contribution >= 4 is 40.8 Å². The second-order valence-corrected chi connectivity index (χ2v) is 7.78. The SMILES string of the molecule is CCNC(=NCCc1c[nH]c2cc(F)ccc12)N1CCC(C)C(n2ccnc2)C1.I. The number of aromatic nitrogens is 3. The van der Waals surface area contributed by atoms with Gasteiger partial charge in [0.2, 0.25) is 0 Å². The van der Waals surface area contributed by atoms with Gasteiger partial charge in [-0.2, -0.15) is 0 Å². The van der Waals surface area contributed by atoms with E-state index in [9.17, 15) is 4.39 Å². The molecular weight excluding hydrogens is 494 g/mol. The van der Waals surface area contributed by atoms with Gasteiger partial charge in [0.1, 0.15) is 5.82 Å². The number of fused-ring (bicyclic) bond motifs is 1. The van der Waals surface area contributed by atoms with Crippen molar-refractivity contribution < 1.29 is 4.39 Å². The molecule has 2 N–H and O–H groups in total. The Morgan fingerprint density at radius 2 is 2.27 bits per heavy atom. The molecule has 3 aromatic rings. The van der Waals surface area contributed by atoms with Crippen LogP contribution in [-0.2, 0) is 6.42 Å². The highest BCUT2D eigenvalue weighted by Crippen LogP contribution is 2.27. The second-order valence-electron chi connectivity index (χ2n) is 7.78. The van der Waals surface area contributed by atoms with Gasteiger partial charge < -0.3 is 19.8 Å². The summed E-state index contributed by atoms with van der Waals surface area (Å²) in [4.78, 5) is 14.6. The maximum atomic E-state index is 13.4. The minimum atomic E-state index is -0.217. The monoisotopic (exact) mass is 524 g/mol. The van der Waals surface area contributed by atoms with Crippen LogP contribution in [0.4, 0.5) is 4.39 Å². The fourth-order valence-corrected chi connectivity index (χ4v) is 4.17. The average Bonchev–Trinajstić information content (AvgIpc) is 3.38. The number of likely N-dealkylation sites (tertiary alicyclic amines) is 1. The molecule has 1 aromatic carbocycles. The number of halogens is 2. The Balaban J connectivity index is 0.00000256. The van der Waals surface area contributed by atoms with Crippen LogP contribution in [-0.4, -0.2) is 51.6 Å². The van der Waals surface area contributed by atoms with Crippen LogP contribution in [0, 0.1) is 11.7 Å². The van der Waals surface area contributed by atoms with E-state index in [0.717, 1.165) is 49.3 Å². The average molecular weight is 524 g/mol. The quantitative estimate of drug-likeness (QED) is 0.299. The number of nitrogens with one attached hydrogen (secondary N) is 2. The highest BCUT2D eigenvalue weighted by Gasteiger charge is 2.28. The van der Waals surface area contributed by atoms with Crippen molar-refractivity contribution in [2.45, 2.75) is 32.7 Å². The summed E-state index contributed by atoms with van der Waals surface area (Å²) in [5.74, 6) is 1.36. The van der Waals surface area contributed by atoms with E-state index in [-0.39, 0.29) is 29.8 Å². The number of aliphatic imine (C=N–C) groups is 1. The zero-order valence-electron chi connectivity index (χ0n) is 17.5. The van der Waals surface area contributed by atoms with Crippen molar-refractivity contribution in [2.24, 2.45) is 10.9 Å². The molecule has 0 bridgehead atoms. The van der Waals surface area contributed by atoms with E-state index in [4.69, 9.17) is 4.99 Å². The Morgan fingerprint density at radius 1 is 1.40 bits per heavy atom. The molecule has 8 heteroatoms. The summed E-state index contributed by atoms with van der Waals surface area (Å²) in [6.45, 7) is 7.87. The molecule has 2 atom stereocenters. The third-order valence-corrected chi connectivity index (χ3v) is 5.83. The van der Waals surface area contributed by atoms with Crippen LogP contribution in [0.1, 0.15) is 31.9 Å². The summed E-state index contributed by atoms with van der Waals surface area (Å²) < 4.78 is 15.6. The number of hydrogen-bond acceptors (Lipinski definition) is 2. The van der Waals surface area contributed by atoms with Crippen LogP contribution in [0.25, 0.3) is 10.9 Å². The lowest BCUT2D eigenvalue weighted by Gasteiger charge is -2.39. The van der Waals surface area contributed by atoms with Gasteiger partial charge in [-0.05, 0) is 49.4 Å². The molecular formula is C22H30FIN6. The number of aromatic amines is 1. The molecule has 0 radical (unpaired) electrons. The maximum absolute atomic E-state index is 13.4. The Morgan fingerprint density at radius 3 is 3.03 bits per heavy atom. The molecule has 30 heavy (non-hydrogen) atoms. The first kappa shape index (κ1) is 22.6. The summed E-state index contributed by atoms with van der Waals surface area (Å²) in [6.07, 6.45) is 9.71. The normalized spacial score (nSPS) is 19.7. The van der Waals surface area contributed by atoms with Crippen LogP contribution in [0.15, 0.2) is 48.1 Å². The molecule has 1 saturated heterocycles. The number of guanidine groups is 1. The summed E-state index contributed by atoms with van der Waals surface area (Å²) >= 11 is 0. The number of hydrogen-bond donors (Lipinski definition) is 2. The number of imidazole rings is 1. The Hall–Kier alpha value is -2.10. The Bertz CT molecular complexity index is 967. The van der Waals surface area contributed by atoms with E-state index >= 15 is 0 Å². The van der Waals surface area contributed by atoms with Crippen LogP contribution >= 0.6 is 24.0 Å². The third-order valence-electron chi connectivity index (χ3n) is 5.83. The first-order chi connectivity index (χ1) is 14.2. The zero-order chi connectivity index (χ0) is 20.2. The number of H-pyrrole nitrogens is 1. The summed E-state index contributed by atoms with van der Waals surface area (Å²) in [7, 11) is 0. The lowest BCUT2D eigenvalue weighted by atomic mass is 9.93. The van der Waals surface area contributed by atoms with Gasteiger partial charge in [-0.3, -0.25) is 4.99 Å². The minimum Gasteiger partial charge on any atom is -0.361 e. The van der Waals surface area contributed by atoms with Crippen LogP contribution in [0.5, 0.6) is 0 Å². The standard InChI is InChI=1S/C22H29FN6.HI/c1-3-25-22(28-10-7-16(2)21(14-28)29-11-9-24-15-29)26-8-6-17-13-27-20-12-18(23)4-5-19(17)20;/h4-5,9,11-13,15-16,21,27H,3,6-8,10,14H2,1-2H3,(H,25,26);1H. The molecule has 3 heterocycles. The second kappa shape index (κ2) is 10.3. The lowest BCUT2D eigenvalue weighted by Crippen LogP contribution is -2.49. The first-order valence-corrected chi connectivity index (χ1v) is 10.4. The number of benzene rings is 1. The molecule has 6 nitrogen and oxygen atoms in total. The summed E-state index contributed by atoms with van der Waals surface area (Å²) in [6, 6.07) is 5.29. The third kappa shape index (κ3) is 4.96. The molecule has 1 aliphatic rings. The molecule has 1 fully saturated rings.